The van der Waals surface area contributed by atoms with Gasteiger partial charge < -0.3 is 19.3 Å². The molecule has 1 aromatic heterocycles. The van der Waals surface area contributed by atoms with Crippen molar-refractivity contribution in [2.45, 2.75) is 18.4 Å². The van der Waals surface area contributed by atoms with Gasteiger partial charge >= 0.3 is 0 Å². The third-order valence-corrected chi connectivity index (χ3v) is 3.82. The maximum atomic E-state index is 9.15. The minimum Gasteiger partial charge on any atom is -0.390 e. The lowest BCUT2D eigenvalue weighted by molar-refractivity contribution is 0.0286. The summed E-state index contributed by atoms with van der Waals surface area (Å²) < 4.78 is 15.6. The zero-order valence-electron chi connectivity index (χ0n) is 12.1. The number of hydrogen-bond donors (Lipinski definition) is 1. The molecule has 0 atom stereocenters. The van der Waals surface area contributed by atoms with Crippen molar-refractivity contribution in [2.24, 2.45) is 0 Å². The fourth-order valence-electron chi connectivity index (χ4n) is 1.55. The number of thioether (sulfide) groups is 1. The van der Waals surface area contributed by atoms with Crippen molar-refractivity contribution in [1.82, 2.24) is 4.98 Å². The zero-order valence-corrected chi connectivity index (χ0v) is 12.9. The Balaban J connectivity index is 2.09. The summed E-state index contributed by atoms with van der Waals surface area (Å²) in [6.07, 6.45) is 1.73. The van der Waals surface area contributed by atoms with Gasteiger partial charge in [-0.05, 0) is 18.6 Å². The van der Waals surface area contributed by atoms with Crippen LogP contribution in [0.1, 0.15) is 11.3 Å². The number of aliphatic hydroxyl groups is 1. The molecule has 1 N–H and O–H groups in total. The number of hydrogen-bond acceptors (Lipinski definition) is 6. The average Bonchev–Trinajstić information content (AvgIpc) is 2.47. The van der Waals surface area contributed by atoms with E-state index in [-0.39, 0.29) is 6.61 Å². The van der Waals surface area contributed by atoms with E-state index in [0.29, 0.717) is 33.0 Å². The smallest absolute Gasteiger partial charge is 0.0856 e. The molecule has 1 heterocycles. The van der Waals surface area contributed by atoms with Gasteiger partial charge in [-0.2, -0.15) is 0 Å². The predicted molar refractivity (Wildman–Crippen MR) is 79.1 cm³/mol. The fourth-order valence-corrected chi connectivity index (χ4v) is 2.46. The van der Waals surface area contributed by atoms with Gasteiger partial charge in [0, 0.05) is 24.0 Å². The van der Waals surface area contributed by atoms with Crippen molar-refractivity contribution >= 4 is 11.8 Å². The lowest BCUT2D eigenvalue weighted by Gasteiger charge is -2.09. The SMILES string of the molecule is COCCOCCOCCSc1ccnc(CO)c1C. The number of ether oxygens (including phenoxy) is 3. The molecule has 114 valence electrons. The molecule has 1 rings (SSSR count). The first kappa shape index (κ1) is 17.4. The van der Waals surface area contributed by atoms with E-state index in [1.165, 1.54) is 0 Å². The van der Waals surface area contributed by atoms with Gasteiger partial charge in [0.1, 0.15) is 0 Å². The second-order valence-electron chi connectivity index (χ2n) is 4.10. The van der Waals surface area contributed by atoms with Crippen molar-refractivity contribution in [1.29, 1.82) is 0 Å². The molecular weight excluding hydrogens is 278 g/mol. The Bertz CT molecular complexity index is 376. The van der Waals surface area contributed by atoms with E-state index in [0.717, 1.165) is 21.9 Å². The van der Waals surface area contributed by atoms with Crippen LogP contribution in [0.25, 0.3) is 0 Å². The van der Waals surface area contributed by atoms with Gasteiger partial charge in [0.25, 0.3) is 0 Å². The molecule has 1 aromatic rings. The maximum absolute atomic E-state index is 9.15. The molecule has 0 fully saturated rings. The van der Waals surface area contributed by atoms with Crippen LogP contribution in [0.3, 0.4) is 0 Å². The van der Waals surface area contributed by atoms with Gasteiger partial charge in [-0.15, -0.1) is 11.8 Å². The fraction of sp³-hybridized carbons (Fsp3) is 0.643. The highest BCUT2D eigenvalue weighted by atomic mass is 32.2. The van der Waals surface area contributed by atoms with Gasteiger partial charge in [0.05, 0.1) is 45.3 Å². The molecule has 0 aliphatic carbocycles. The van der Waals surface area contributed by atoms with Crippen LogP contribution in [0.4, 0.5) is 0 Å². The van der Waals surface area contributed by atoms with Gasteiger partial charge in [0.15, 0.2) is 0 Å². The molecule has 0 saturated heterocycles. The summed E-state index contributed by atoms with van der Waals surface area (Å²) >= 11 is 1.71. The molecule has 0 unspecified atom stereocenters. The molecule has 20 heavy (non-hydrogen) atoms. The average molecular weight is 301 g/mol. The van der Waals surface area contributed by atoms with E-state index < -0.39 is 0 Å². The van der Waals surface area contributed by atoms with Gasteiger partial charge in [-0.1, -0.05) is 0 Å². The quantitative estimate of drug-likeness (QED) is 0.495. The Hall–Kier alpha value is -0.660. The molecule has 0 spiro atoms. The van der Waals surface area contributed by atoms with E-state index in [9.17, 15) is 0 Å². The van der Waals surface area contributed by atoms with Crippen LogP contribution in [0.15, 0.2) is 17.2 Å². The first-order valence-corrected chi connectivity index (χ1v) is 7.60. The molecule has 0 aliphatic rings. The molecule has 0 radical (unpaired) electrons. The van der Waals surface area contributed by atoms with Gasteiger partial charge in [0.2, 0.25) is 0 Å². The second kappa shape index (κ2) is 11.0. The lowest BCUT2D eigenvalue weighted by Crippen LogP contribution is -2.09. The lowest BCUT2D eigenvalue weighted by atomic mass is 10.2. The summed E-state index contributed by atoms with van der Waals surface area (Å²) in [4.78, 5) is 5.27. The normalized spacial score (nSPS) is 10.9. The Morgan fingerprint density at radius 2 is 1.85 bits per heavy atom. The molecule has 0 aliphatic heterocycles. The summed E-state index contributed by atoms with van der Waals surface area (Å²) in [5, 5.41) is 9.15. The van der Waals surface area contributed by atoms with Crippen LogP contribution < -0.4 is 0 Å². The Morgan fingerprint density at radius 3 is 2.55 bits per heavy atom. The van der Waals surface area contributed by atoms with E-state index in [1.807, 2.05) is 13.0 Å². The molecule has 0 amide bonds. The zero-order chi connectivity index (χ0) is 14.6. The maximum Gasteiger partial charge on any atom is 0.0856 e. The monoisotopic (exact) mass is 301 g/mol. The first-order chi connectivity index (χ1) is 9.79. The van der Waals surface area contributed by atoms with Crippen LogP contribution in [-0.2, 0) is 20.8 Å². The predicted octanol–water partition coefficient (Wildman–Crippen LogP) is 1.65. The largest absolute Gasteiger partial charge is 0.390 e. The first-order valence-electron chi connectivity index (χ1n) is 6.62. The Kier molecular flexibility index (Phi) is 9.61. The van der Waals surface area contributed by atoms with Crippen LogP contribution in [-0.4, -0.2) is 56.0 Å². The summed E-state index contributed by atoms with van der Waals surface area (Å²) in [6, 6.07) is 1.97. The number of methoxy groups -OCH3 is 1. The molecule has 0 aromatic carbocycles. The van der Waals surface area contributed by atoms with Crippen molar-refractivity contribution < 1.29 is 19.3 Å². The van der Waals surface area contributed by atoms with Crippen LogP contribution in [0, 0.1) is 6.92 Å². The van der Waals surface area contributed by atoms with E-state index >= 15 is 0 Å². The van der Waals surface area contributed by atoms with E-state index in [2.05, 4.69) is 4.98 Å². The molecule has 5 nitrogen and oxygen atoms in total. The van der Waals surface area contributed by atoms with Crippen LogP contribution >= 0.6 is 11.8 Å². The molecular formula is C14H23NO4S. The second-order valence-corrected chi connectivity index (χ2v) is 5.24. The summed E-state index contributed by atoms with van der Waals surface area (Å²) in [6.45, 7) is 5.05. The summed E-state index contributed by atoms with van der Waals surface area (Å²) in [5.74, 6) is 0.869. The van der Waals surface area contributed by atoms with E-state index in [1.54, 1.807) is 25.1 Å². The van der Waals surface area contributed by atoms with Crippen LogP contribution in [0.2, 0.25) is 0 Å². The third kappa shape index (κ3) is 6.67. The highest BCUT2D eigenvalue weighted by molar-refractivity contribution is 7.99. The Morgan fingerprint density at radius 1 is 1.15 bits per heavy atom. The van der Waals surface area contributed by atoms with Crippen molar-refractivity contribution in [3.05, 3.63) is 23.5 Å². The number of pyridine rings is 1. The Labute approximate surface area is 124 Å². The molecule has 0 saturated carbocycles. The number of nitrogens with zero attached hydrogens (tertiary/aromatic N) is 1. The van der Waals surface area contributed by atoms with Crippen LogP contribution in [0.5, 0.6) is 0 Å². The van der Waals surface area contributed by atoms with E-state index in [4.69, 9.17) is 19.3 Å². The van der Waals surface area contributed by atoms with Gasteiger partial charge in [-0.3, -0.25) is 4.98 Å². The number of aliphatic hydroxyl groups excluding tert-OH is 1. The minimum atomic E-state index is -0.0183. The molecule has 0 bridgehead atoms. The molecule has 6 heteroatoms. The van der Waals surface area contributed by atoms with Crippen molar-refractivity contribution in [3.63, 3.8) is 0 Å². The highest BCUT2D eigenvalue weighted by Gasteiger charge is 2.04. The highest BCUT2D eigenvalue weighted by Crippen LogP contribution is 2.23. The standard InChI is InChI=1S/C14H23NO4S/c1-12-13(11-16)15-4-3-14(12)20-10-9-19-8-7-18-6-5-17-2/h3-4,16H,5-11H2,1-2H3. The summed E-state index contributed by atoms with van der Waals surface area (Å²) in [5.41, 5.74) is 1.78. The van der Waals surface area contributed by atoms with Crippen molar-refractivity contribution in [3.8, 4) is 0 Å². The third-order valence-electron chi connectivity index (χ3n) is 2.70. The van der Waals surface area contributed by atoms with Crippen molar-refractivity contribution in [2.75, 3.05) is 45.9 Å². The summed E-state index contributed by atoms with van der Waals surface area (Å²) in [7, 11) is 1.65. The number of aromatic nitrogens is 1. The minimum absolute atomic E-state index is 0.0183. The number of rotatable bonds is 11. The van der Waals surface area contributed by atoms with Gasteiger partial charge in [-0.25, -0.2) is 0 Å². The topological polar surface area (TPSA) is 60.8 Å².